The Kier molecular flexibility index (Phi) is 3.66. The van der Waals surface area contributed by atoms with Crippen molar-refractivity contribution in [1.82, 2.24) is 0 Å². The zero-order valence-corrected chi connectivity index (χ0v) is 9.32. The van der Waals surface area contributed by atoms with E-state index in [0.717, 1.165) is 15.9 Å². The van der Waals surface area contributed by atoms with Gasteiger partial charge in [-0.05, 0) is 23.6 Å². The molecule has 2 heteroatoms. The first-order chi connectivity index (χ1) is 5.27. The van der Waals surface area contributed by atoms with Gasteiger partial charge in [0.1, 0.15) is 0 Å². The van der Waals surface area contributed by atoms with Crippen LogP contribution in [-0.2, 0) is 10.8 Å². The average Bonchev–Trinajstić information content (AvgIpc) is 2.05. The Labute approximate surface area is 86.1 Å². The molecular weight excluding hydrogens is 270 g/mol. The molecule has 0 aromatic heterocycles. The molecule has 0 aliphatic carbocycles. The number of aryl methyl sites for hydroxylation is 1. The Hall–Kier alpha value is 0.240. The molecule has 0 aliphatic heterocycles. The molecule has 0 N–H and O–H groups in total. The highest BCUT2D eigenvalue weighted by molar-refractivity contribution is 14.1. The van der Waals surface area contributed by atoms with Crippen molar-refractivity contribution in [1.29, 1.82) is 0 Å². The van der Waals surface area contributed by atoms with Crippen LogP contribution in [0.15, 0.2) is 18.2 Å². The lowest BCUT2D eigenvalue weighted by molar-refractivity contribution is 1.13. The summed E-state index contributed by atoms with van der Waals surface area (Å²) in [4.78, 5) is 0. The van der Waals surface area contributed by atoms with Gasteiger partial charge in [-0.2, -0.15) is 0 Å². The summed E-state index contributed by atoms with van der Waals surface area (Å²) < 4.78 is 0.991. The van der Waals surface area contributed by atoms with Crippen LogP contribution in [0, 0.1) is 0 Å². The van der Waals surface area contributed by atoms with E-state index in [9.17, 15) is 0 Å². The molecule has 0 radical (unpaired) electrons. The Morgan fingerprint density at radius 3 is 2.73 bits per heavy atom. The average molecular weight is 281 g/mol. The number of hydrogen-bond acceptors (Lipinski definition) is 0. The first kappa shape index (κ1) is 9.33. The maximum Gasteiger partial charge on any atom is 0.0445 e. The molecule has 0 spiro atoms. The fourth-order valence-corrected chi connectivity index (χ4v) is 1.99. The molecule has 0 atom stereocenters. The van der Waals surface area contributed by atoms with Crippen LogP contribution in [-0.4, -0.2) is 0 Å². The van der Waals surface area contributed by atoms with Crippen molar-refractivity contribution < 1.29 is 0 Å². The van der Waals surface area contributed by atoms with E-state index >= 15 is 0 Å². The SMILES string of the molecule is CCc1ccc(Cl)c(CI)c1. The van der Waals surface area contributed by atoms with E-state index in [-0.39, 0.29) is 0 Å². The van der Waals surface area contributed by atoms with Crippen molar-refractivity contribution >= 4 is 34.2 Å². The lowest BCUT2D eigenvalue weighted by atomic mass is 10.1. The summed E-state index contributed by atoms with van der Waals surface area (Å²) in [6.45, 7) is 2.15. The van der Waals surface area contributed by atoms with Gasteiger partial charge in [0.15, 0.2) is 0 Å². The van der Waals surface area contributed by atoms with E-state index in [1.807, 2.05) is 6.07 Å². The van der Waals surface area contributed by atoms with Crippen LogP contribution in [0.3, 0.4) is 0 Å². The minimum absolute atomic E-state index is 0.886. The highest BCUT2D eigenvalue weighted by Gasteiger charge is 1.98. The van der Waals surface area contributed by atoms with E-state index in [2.05, 4.69) is 41.6 Å². The van der Waals surface area contributed by atoms with E-state index < -0.39 is 0 Å². The molecule has 0 saturated carbocycles. The Balaban J connectivity index is 3.02. The lowest BCUT2D eigenvalue weighted by Crippen LogP contribution is -1.84. The summed E-state index contributed by atoms with van der Waals surface area (Å²) in [6, 6.07) is 6.24. The normalized spacial score (nSPS) is 10.1. The first-order valence-corrected chi connectivity index (χ1v) is 5.51. The van der Waals surface area contributed by atoms with Gasteiger partial charge in [0, 0.05) is 9.45 Å². The summed E-state index contributed by atoms with van der Waals surface area (Å²) >= 11 is 8.28. The summed E-state index contributed by atoms with van der Waals surface area (Å²) in [5.41, 5.74) is 2.60. The Bertz CT molecular complexity index is 245. The summed E-state index contributed by atoms with van der Waals surface area (Å²) in [6.07, 6.45) is 1.08. The van der Waals surface area contributed by atoms with E-state index in [0.29, 0.717) is 0 Å². The van der Waals surface area contributed by atoms with Gasteiger partial charge >= 0.3 is 0 Å². The second-order valence-corrected chi connectivity index (χ2v) is 3.58. The van der Waals surface area contributed by atoms with Gasteiger partial charge in [0.2, 0.25) is 0 Å². The summed E-state index contributed by atoms with van der Waals surface area (Å²) in [5.74, 6) is 0. The zero-order valence-electron chi connectivity index (χ0n) is 6.40. The van der Waals surface area contributed by atoms with Crippen molar-refractivity contribution in [2.75, 3.05) is 0 Å². The van der Waals surface area contributed by atoms with Crippen LogP contribution in [0.25, 0.3) is 0 Å². The third kappa shape index (κ3) is 2.34. The van der Waals surface area contributed by atoms with Gasteiger partial charge < -0.3 is 0 Å². The minimum atomic E-state index is 0.886. The number of hydrogen-bond donors (Lipinski definition) is 0. The quantitative estimate of drug-likeness (QED) is 0.570. The van der Waals surface area contributed by atoms with E-state index in [4.69, 9.17) is 11.6 Å². The molecule has 0 aliphatic rings. The van der Waals surface area contributed by atoms with Gasteiger partial charge in [0.05, 0.1) is 0 Å². The molecule has 0 amide bonds. The predicted octanol–water partition coefficient (Wildman–Crippen LogP) is 3.84. The molecule has 1 rings (SSSR count). The number of benzene rings is 1. The molecule has 0 heterocycles. The van der Waals surface area contributed by atoms with Crippen LogP contribution in [0.2, 0.25) is 5.02 Å². The van der Waals surface area contributed by atoms with Crippen molar-refractivity contribution in [3.63, 3.8) is 0 Å². The number of alkyl halides is 1. The van der Waals surface area contributed by atoms with Gasteiger partial charge in [-0.1, -0.05) is 53.2 Å². The molecule has 1 aromatic rings. The van der Waals surface area contributed by atoms with Crippen molar-refractivity contribution in [2.45, 2.75) is 17.8 Å². The second-order valence-electron chi connectivity index (χ2n) is 2.41. The van der Waals surface area contributed by atoms with Crippen LogP contribution >= 0.6 is 34.2 Å². The van der Waals surface area contributed by atoms with Gasteiger partial charge in [-0.25, -0.2) is 0 Å². The smallest absolute Gasteiger partial charge is 0.0445 e. The fraction of sp³-hybridized carbons (Fsp3) is 0.333. The number of rotatable bonds is 2. The molecule has 0 nitrogen and oxygen atoms in total. The second kappa shape index (κ2) is 4.31. The summed E-state index contributed by atoms with van der Waals surface area (Å²) in [7, 11) is 0. The highest BCUT2D eigenvalue weighted by Crippen LogP contribution is 2.20. The molecule has 0 unspecified atom stereocenters. The maximum atomic E-state index is 5.95. The summed E-state index contributed by atoms with van der Waals surface area (Å²) in [5, 5.41) is 0.886. The third-order valence-corrected chi connectivity index (χ3v) is 2.85. The molecular formula is C9H10ClI. The van der Waals surface area contributed by atoms with Gasteiger partial charge in [-0.3, -0.25) is 0 Å². The Morgan fingerprint density at radius 1 is 1.45 bits per heavy atom. The van der Waals surface area contributed by atoms with Crippen LogP contribution in [0.5, 0.6) is 0 Å². The molecule has 0 bridgehead atoms. The van der Waals surface area contributed by atoms with Crippen molar-refractivity contribution in [2.24, 2.45) is 0 Å². The van der Waals surface area contributed by atoms with Crippen LogP contribution < -0.4 is 0 Å². The van der Waals surface area contributed by atoms with E-state index in [1.165, 1.54) is 11.1 Å². The maximum absolute atomic E-state index is 5.95. The number of halogens is 2. The molecule has 60 valence electrons. The molecule has 0 saturated heterocycles. The minimum Gasteiger partial charge on any atom is -0.0840 e. The van der Waals surface area contributed by atoms with Gasteiger partial charge in [0.25, 0.3) is 0 Å². The third-order valence-electron chi connectivity index (χ3n) is 1.66. The topological polar surface area (TPSA) is 0 Å². The monoisotopic (exact) mass is 280 g/mol. The van der Waals surface area contributed by atoms with Crippen molar-refractivity contribution in [3.05, 3.63) is 34.3 Å². The zero-order chi connectivity index (χ0) is 8.27. The first-order valence-electron chi connectivity index (χ1n) is 3.61. The van der Waals surface area contributed by atoms with Gasteiger partial charge in [-0.15, -0.1) is 0 Å². The predicted molar refractivity (Wildman–Crippen MR) is 58.6 cm³/mol. The molecule has 0 fully saturated rings. The standard InChI is InChI=1S/C9H10ClI/c1-2-7-3-4-9(10)8(5-7)6-11/h3-5H,2,6H2,1H3. The van der Waals surface area contributed by atoms with Crippen LogP contribution in [0.4, 0.5) is 0 Å². The highest BCUT2D eigenvalue weighted by atomic mass is 127. The molecule has 1 aromatic carbocycles. The Morgan fingerprint density at radius 2 is 2.18 bits per heavy atom. The van der Waals surface area contributed by atoms with Crippen LogP contribution in [0.1, 0.15) is 18.1 Å². The molecule has 11 heavy (non-hydrogen) atoms. The largest absolute Gasteiger partial charge is 0.0840 e. The van der Waals surface area contributed by atoms with Crippen molar-refractivity contribution in [3.8, 4) is 0 Å². The fourth-order valence-electron chi connectivity index (χ4n) is 0.950. The van der Waals surface area contributed by atoms with E-state index in [1.54, 1.807) is 0 Å². The lowest BCUT2D eigenvalue weighted by Gasteiger charge is -2.02.